The molecule has 2 N–H and O–H groups in total. The van der Waals surface area contributed by atoms with Gasteiger partial charge in [-0.1, -0.05) is 13.8 Å². The van der Waals surface area contributed by atoms with Gasteiger partial charge in [-0.05, 0) is 12.3 Å². The molecule has 1 heterocycles. The Morgan fingerprint density at radius 1 is 1.45 bits per heavy atom. The number of hydrogen-bond acceptors (Lipinski definition) is 7. The number of rotatable bonds is 9. The number of nitriles is 1. The Labute approximate surface area is 133 Å². The number of anilines is 1. The highest BCUT2D eigenvalue weighted by Gasteiger charge is 2.14. The quantitative estimate of drug-likeness (QED) is 0.530. The Morgan fingerprint density at radius 2 is 2.23 bits per heavy atom. The van der Waals surface area contributed by atoms with Crippen LogP contribution in [0.5, 0.6) is 0 Å². The third kappa shape index (κ3) is 7.04. The lowest BCUT2D eigenvalue weighted by atomic mass is 10.1. The van der Waals surface area contributed by atoms with Crippen molar-refractivity contribution in [2.24, 2.45) is 5.92 Å². The molecule has 1 rings (SSSR count). The molecule has 7 nitrogen and oxygen atoms in total. The van der Waals surface area contributed by atoms with E-state index in [0.717, 1.165) is 13.0 Å². The molecule has 0 aliphatic rings. The second-order valence-electron chi connectivity index (χ2n) is 4.98. The molecule has 0 saturated carbocycles. The lowest BCUT2D eigenvalue weighted by molar-refractivity contribution is -0.124. The second kappa shape index (κ2) is 9.73. The SMILES string of the molecule is CC(C)CCNc1nc(C(=O)OCC(=O)NCCC#N)cs1. The normalized spacial score (nSPS) is 10.1. The van der Waals surface area contributed by atoms with E-state index < -0.39 is 11.9 Å². The standard InChI is InChI=1S/C14H20N4O3S/c1-10(2)4-7-17-14-18-11(9-22-14)13(20)21-8-12(19)16-6-3-5-15/h9-10H,3-4,6-8H2,1-2H3,(H,16,19)(H,17,18). The molecular formula is C14H20N4O3S. The van der Waals surface area contributed by atoms with E-state index >= 15 is 0 Å². The van der Waals surface area contributed by atoms with Crippen LogP contribution in [-0.4, -0.2) is 36.6 Å². The molecule has 0 unspecified atom stereocenters. The average Bonchev–Trinajstić information content (AvgIpc) is 2.93. The fraction of sp³-hybridized carbons (Fsp3) is 0.571. The third-order valence-electron chi connectivity index (χ3n) is 2.60. The van der Waals surface area contributed by atoms with Crippen LogP contribution in [0.25, 0.3) is 0 Å². The van der Waals surface area contributed by atoms with Gasteiger partial charge < -0.3 is 15.4 Å². The Balaban J connectivity index is 2.32. The highest BCUT2D eigenvalue weighted by atomic mass is 32.1. The Morgan fingerprint density at radius 3 is 2.91 bits per heavy atom. The van der Waals surface area contributed by atoms with Gasteiger partial charge >= 0.3 is 5.97 Å². The van der Waals surface area contributed by atoms with Crippen LogP contribution in [0.2, 0.25) is 0 Å². The summed E-state index contributed by atoms with van der Waals surface area (Å²) in [6.45, 7) is 4.92. The molecule has 0 aliphatic heterocycles. The van der Waals surface area contributed by atoms with Gasteiger partial charge in [0.05, 0.1) is 12.5 Å². The molecule has 8 heteroatoms. The summed E-state index contributed by atoms with van der Waals surface area (Å²) in [5.74, 6) is -0.478. The van der Waals surface area contributed by atoms with Gasteiger partial charge in [0.1, 0.15) is 0 Å². The van der Waals surface area contributed by atoms with Gasteiger partial charge in [-0.25, -0.2) is 9.78 Å². The molecule has 0 atom stereocenters. The monoisotopic (exact) mass is 324 g/mol. The van der Waals surface area contributed by atoms with Gasteiger partial charge in [0.25, 0.3) is 5.91 Å². The Kier molecular flexibility index (Phi) is 7.92. The molecule has 22 heavy (non-hydrogen) atoms. The van der Waals surface area contributed by atoms with Crippen LogP contribution in [-0.2, 0) is 9.53 Å². The van der Waals surface area contributed by atoms with Crippen LogP contribution in [0, 0.1) is 17.2 Å². The zero-order chi connectivity index (χ0) is 16.4. The molecule has 0 spiro atoms. The summed E-state index contributed by atoms with van der Waals surface area (Å²) in [7, 11) is 0. The molecule has 0 aromatic carbocycles. The van der Waals surface area contributed by atoms with Crippen molar-refractivity contribution in [3.05, 3.63) is 11.1 Å². The van der Waals surface area contributed by atoms with Crippen molar-refractivity contribution in [1.29, 1.82) is 5.26 Å². The molecule has 0 bridgehead atoms. The van der Waals surface area contributed by atoms with Crippen molar-refractivity contribution in [3.8, 4) is 6.07 Å². The first-order valence-electron chi connectivity index (χ1n) is 7.03. The Hall–Kier alpha value is -2.14. The summed E-state index contributed by atoms with van der Waals surface area (Å²) < 4.78 is 4.86. The second-order valence-corrected chi connectivity index (χ2v) is 5.84. The van der Waals surface area contributed by atoms with E-state index in [1.165, 1.54) is 11.3 Å². The number of nitrogens with one attached hydrogen (secondary N) is 2. The smallest absolute Gasteiger partial charge is 0.358 e. The number of esters is 1. The molecule has 0 radical (unpaired) electrons. The fourth-order valence-corrected chi connectivity index (χ4v) is 2.14. The molecule has 1 aromatic rings. The number of thiazole rings is 1. The highest BCUT2D eigenvalue weighted by molar-refractivity contribution is 7.13. The van der Waals surface area contributed by atoms with Gasteiger partial charge in [0, 0.05) is 18.5 Å². The van der Waals surface area contributed by atoms with Crippen LogP contribution in [0.1, 0.15) is 37.2 Å². The summed E-state index contributed by atoms with van der Waals surface area (Å²) in [5, 5.41) is 16.2. The average molecular weight is 324 g/mol. The molecule has 0 aliphatic carbocycles. The van der Waals surface area contributed by atoms with E-state index in [0.29, 0.717) is 11.0 Å². The van der Waals surface area contributed by atoms with Crippen LogP contribution in [0.15, 0.2) is 5.38 Å². The van der Waals surface area contributed by atoms with E-state index in [9.17, 15) is 9.59 Å². The predicted molar refractivity (Wildman–Crippen MR) is 83.6 cm³/mol. The summed E-state index contributed by atoms with van der Waals surface area (Å²) in [6.07, 6.45) is 1.24. The number of aromatic nitrogens is 1. The Bertz CT molecular complexity index is 536. The molecular weight excluding hydrogens is 304 g/mol. The minimum Gasteiger partial charge on any atom is -0.451 e. The number of carbonyl (C=O) groups is 2. The lowest BCUT2D eigenvalue weighted by Gasteiger charge is -2.05. The maximum Gasteiger partial charge on any atom is 0.358 e. The maximum atomic E-state index is 11.7. The van der Waals surface area contributed by atoms with Crippen molar-refractivity contribution < 1.29 is 14.3 Å². The molecule has 0 saturated heterocycles. The van der Waals surface area contributed by atoms with Crippen molar-refractivity contribution in [1.82, 2.24) is 10.3 Å². The van der Waals surface area contributed by atoms with Crippen LogP contribution in [0.3, 0.4) is 0 Å². The van der Waals surface area contributed by atoms with E-state index in [1.807, 2.05) is 6.07 Å². The zero-order valence-corrected chi connectivity index (χ0v) is 13.5. The number of ether oxygens (including phenoxy) is 1. The fourth-order valence-electron chi connectivity index (χ4n) is 1.43. The van der Waals surface area contributed by atoms with E-state index in [2.05, 4.69) is 29.5 Å². The molecule has 1 amide bonds. The van der Waals surface area contributed by atoms with Gasteiger partial charge in [-0.15, -0.1) is 11.3 Å². The number of nitrogens with zero attached hydrogens (tertiary/aromatic N) is 2. The number of amides is 1. The third-order valence-corrected chi connectivity index (χ3v) is 3.40. The van der Waals surface area contributed by atoms with E-state index in [1.54, 1.807) is 5.38 Å². The van der Waals surface area contributed by atoms with E-state index in [4.69, 9.17) is 10.00 Å². The molecule has 0 fully saturated rings. The van der Waals surface area contributed by atoms with Gasteiger partial charge in [-0.2, -0.15) is 5.26 Å². The zero-order valence-electron chi connectivity index (χ0n) is 12.7. The first-order valence-corrected chi connectivity index (χ1v) is 7.91. The molecule has 1 aromatic heterocycles. The first kappa shape index (κ1) is 17.9. The van der Waals surface area contributed by atoms with Gasteiger partial charge in [0.15, 0.2) is 17.4 Å². The topological polar surface area (TPSA) is 104 Å². The van der Waals surface area contributed by atoms with Crippen LogP contribution >= 0.6 is 11.3 Å². The van der Waals surface area contributed by atoms with Gasteiger partial charge in [0.2, 0.25) is 0 Å². The summed E-state index contributed by atoms with van der Waals surface area (Å²) in [4.78, 5) is 27.2. The first-order chi connectivity index (χ1) is 10.5. The van der Waals surface area contributed by atoms with Crippen molar-refractivity contribution in [2.45, 2.75) is 26.7 Å². The van der Waals surface area contributed by atoms with Crippen LogP contribution < -0.4 is 10.6 Å². The largest absolute Gasteiger partial charge is 0.451 e. The van der Waals surface area contributed by atoms with Crippen molar-refractivity contribution in [2.75, 3.05) is 25.0 Å². The minimum absolute atomic E-state index is 0.182. The highest BCUT2D eigenvalue weighted by Crippen LogP contribution is 2.16. The van der Waals surface area contributed by atoms with E-state index in [-0.39, 0.29) is 25.3 Å². The van der Waals surface area contributed by atoms with Crippen molar-refractivity contribution >= 4 is 28.3 Å². The van der Waals surface area contributed by atoms with Crippen LogP contribution in [0.4, 0.5) is 5.13 Å². The number of carbonyl (C=O) groups excluding carboxylic acids is 2. The molecule has 120 valence electrons. The number of hydrogen-bond donors (Lipinski definition) is 2. The summed E-state index contributed by atoms with van der Waals surface area (Å²) in [5.41, 5.74) is 0.182. The predicted octanol–water partition coefficient (Wildman–Crippen LogP) is 1.79. The maximum absolute atomic E-state index is 11.7. The minimum atomic E-state index is -0.636. The summed E-state index contributed by atoms with van der Waals surface area (Å²) >= 11 is 1.32. The van der Waals surface area contributed by atoms with Crippen molar-refractivity contribution in [3.63, 3.8) is 0 Å². The summed E-state index contributed by atoms with van der Waals surface area (Å²) in [6, 6.07) is 1.90. The van der Waals surface area contributed by atoms with Gasteiger partial charge in [-0.3, -0.25) is 4.79 Å². The lowest BCUT2D eigenvalue weighted by Crippen LogP contribution is -2.29.